The first-order valence-corrected chi connectivity index (χ1v) is 9.55. The summed E-state index contributed by atoms with van der Waals surface area (Å²) in [5.41, 5.74) is 5.46. The van der Waals surface area contributed by atoms with Crippen molar-refractivity contribution in [1.29, 1.82) is 0 Å². The van der Waals surface area contributed by atoms with Gasteiger partial charge in [0.25, 0.3) is 10.0 Å². The molecule has 9 heteroatoms. The molecule has 2 aromatic rings. The molecule has 0 saturated carbocycles. The lowest BCUT2D eigenvalue weighted by Crippen LogP contribution is -2.38. The van der Waals surface area contributed by atoms with Crippen molar-refractivity contribution in [2.75, 3.05) is 17.5 Å². The topological polar surface area (TPSA) is 89.7 Å². The molecular formula is C17H16Cl2N2O4S. The zero-order valence-corrected chi connectivity index (χ0v) is 15.9. The van der Waals surface area contributed by atoms with Gasteiger partial charge in [-0.05, 0) is 30.3 Å². The number of carbonyl (C=O) groups is 1. The normalized spacial score (nSPS) is 11.0. The lowest BCUT2D eigenvalue weighted by Gasteiger charge is -2.23. The molecule has 0 aliphatic heterocycles. The molecule has 0 atom stereocenters. The standard InChI is InChI=1S/C17H16Cl2N2O4S/c1-2-8-25-13-5-3-4-12(9-13)21(11-17(20)22)26(23,24)14-6-7-15(18)16(19)10-14/h2-7,9-10H,1,8,11H2,(H2,20,22). The highest BCUT2D eigenvalue weighted by molar-refractivity contribution is 7.92. The van der Waals surface area contributed by atoms with Crippen molar-refractivity contribution < 1.29 is 17.9 Å². The fraction of sp³-hybridized carbons (Fsp3) is 0.118. The van der Waals surface area contributed by atoms with Crippen LogP contribution in [0.25, 0.3) is 0 Å². The second-order valence-electron chi connectivity index (χ2n) is 5.15. The van der Waals surface area contributed by atoms with Gasteiger partial charge >= 0.3 is 0 Å². The summed E-state index contributed by atoms with van der Waals surface area (Å²) in [6.45, 7) is 3.25. The molecule has 138 valence electrons. The first kappa shape index (κ1) is 20.1. The van der Waals surface area contributed by atoms with Gasteiger partial charge in [0.1, 0.15) is 18.9 Å². The first-order chi connectivity index (χ1) is 12.3. The van der Waals surface area contributed by atoms with Crippen molar-refractivity contribution in [1.82, 2.24) is 0 Å². The van der Waals surface area contributed by atoms with Crippen molar-refractivity contribution >= 4 is 44.8 Å². The van der Waals surface area contributed by atoms with E-state index in [-0.39, 0.29) is 27.2 Å². The molecule has 0 fully saturated rings. The Kier molecular flexibility index (Phi) is 6.52. The van der Waals surface area contributed by atoms with Gasteiger partial charge in [-0.1, -0.05) is 41.9 Å². The highest BCUT2D eigenvalue weighted by atomic mass is 35.5. The summed E-state index contributed by atoms with van der Waals surface area (Å²) in [5.74, 6) is -0.396. The number of benzene rings is 2. The lowest BCUT2D eigenvalue weighted by molar-refractivity contribution is -0.116. The van der Waals surface area contributed by atoms with Crippen LogP contribution in [0.3, 0.4) is 0 Å². The van der Waals surface area contributed by atoms with Crippen molar-refractivity contribution in [3.63, 3.8) is 0 Å². The van der Waals surface area contributed by atoms with Crippen LogP contribution < -0.4 is 14.8 Å². The molecule has 0 aliphatic rings. The van der Waals surface area contributed by atoms with E-state index in [9.17, 15) is 13.2 Å². The van der Waals surface area contributed by atoms with Crippen molar-refractivity contribution in [3.05, 3.63) is 65.2 Å². The second kappa shape index (κ2) is 8.44. The molecule has 0 radical (unpaired) electrons. The maximum absolute atomic E-state index is 13.0. The Balaban J connectivity index is 2.51. The van der Waals surface area contributed by atoms with E-state index in [4.69, 9.17) is 33.7 Å². The summed E-state index contributed by atoms with van der Waals surface area (Å²) in [6.07, 6.45) is 1.56. The molecule has 0 spiro atoms. The number of primary amides is 1. The fourth-order valence-electron chi connectivity index (χ4n) is 2.10. The summed E-state index contributed by atoms with van der Waals surface area (Å²) in [7, 11) is -4.11. The number of sulfonamides is 1. The van der Waals surface area contributed by atoms with Gasteiger partial charge in [-0.25, -0.2) is 8.42 Å². The minimum Gasteiger partial charge on any atom is -0.489 e. The lowest BCUT2D eigenvalue weighted by atomic mass is 10.3. The molecule has 6 nitrogen and oxygen atoms in total. The third kappa shape index (κ3) is 4.69. The van der Waals surface area contributed by atoms with Gasteiger partial charge in [0.05, 0.1) is 20.6 Å². The van der Waals surface area contributed by atoms with Crippen LogP contribution in [0.15, 0.2) is 60.0 Å². The maximum atomic E-state index is 13.0. The number of hydrogen-bond acceptors (Lipinski definition) is 4. The number of nitrogens with zero attached hydrogens (tertiary/aromatic N) is 1. The van der Waals surface area contributed by atoms with Gasteiger partial charge in [-0.2, -0.15) is 0 Å². The minimum atomic E-state index is -4.11. The smallest absolute Gasteiger partial charge is 0.264 e. The molecular weight excluding hydrogens is 399 g/mol. The Morgan fingerprint density at radius 2 is 1.92 bits per heavy atom. The zero-order valence-electron chi connectivity index (χ0n) is 13.6. The Labute approximate surface area is 161 Å². The van der Waals surface area contributed by atoms with Crippen molar-refractivity contribution in [3.8, 4) is 5.75 Å². The van der Waals surface area contributed by atoms with Crippen molar-refractivity contribution in [2.24, 2.45) is 5.73 Å². The van der Waals surface area contributed by atoms with Crippen LogP contribution in [0.5, 0.6) is 5.75 Å². The van der Waals surface area contributed by atoms with Crippen LogP contribution >= 0.6 is 23.2 Å². The van der Waals surface area contributed by atoms with E-state index >= 15 is 0 Å². The third-order valence-electron chi connectivity index (χ3n) is 3.25. The summed E-state index contributed by atoms with van der Waals surface area (Å²) < 4.78 is 32.3. The van der Waals surface area contributed by atoms with Crippen LogP contribution in [-0.2, 0) is 14.8 Å². The molecule has 2 rings (SSSR count). The summed E-state index contributed by atoms with van der Waals surface area (Å²) in [6, 6.07) is 10.2. The van der Waals surface area contributed by atoms with E-state index in [2.05, 4.69) is 6.58 Å². The Morgan fingerprint density at radius 3 is 2.54 bits per heavy atom. The predicted molar refractivity (Wildman–Crippen MR) is 102 cm³/mol. The molecule has 0 unspecified atom stereocenters. The number of nitrogens with two attached hydrogens (primary N) is 1. The van der Waals surface area contributed by atoms with E-state index in [1.54, 1.807) is 18.2 Å². The Bertz CT molecular complexity index is 932. The highest BCUT2D eigenvalue weighted by Crippen LogP contribution is 2.30. The maximum Gasteiger partial charge on any atom is 0.264 e. The number of rotatable bonds is 8. The van der Waals surface area contributed by atoms with Crippen LogP contribution in [0.2, 0.25) is 10.0 Å². The van der Waals surface area contributed by atoms with Gasteiger partial charge in [0.15, 0.2) is 0 Å². The van der Waals surface area contributed by atoms with Gasteiger partial charge < -0.3 is 10.5 Å². The molecule has 2 aromatic carbocycles. The SMILES string of the molecule is C=CCOc1cccc(N(CC(N)=O)S(=O)(=O)c2ccc(Cl)c(Cl)c2)c1. The van der Waals surface area contributed by atoms with Crippen LogP contribution in [0.1, 0.15) is 0 Å². The largest absolute Gasteiger partial charge is 0.489 e. The average molecular weight is 415 g/mol. The molecule has 0 saturated heterocycles. The van der Waals surface area contributed by atoms with Gasteiger partial charge in [-0.3, -0.25) is 9.10 Å². The molecule has 26 heavy (non-hydrogen) atoms. The van der Waals surface area contributed by atoms with E-state index in [0.717, 1.165) is 4.31 Å². The Morgan fingerprint density at radius 1 is 1.19 bits per heavy atom. The van der Waals surface area contributed by atoms with Crippen LogP contribution in [0, 0.1) is 0 Å². The molecule has 1 amide bonds. The van der Waals surface area contributed by atoms with E-state index in [0.29, 0.717) is 5.75 Å². The summed E-state index contributed by atoms with van der Waals surface area (Å²) >= 11 is 11.8. The van der Waals surface area contributed by atoms with E-state index in [1.807, 2.05) is 0 Å². The van der Waals surface area contributed by atoms with Crippen molar-refractivity contribution in [2.45, 2.75) is 4.90 Å². The molecule has 0 aliphatic carbocycles. The molecule has 0 heterocycles. The molecule has 2 N–H and O–H groups in total. The monoisotopic (exact) mass is 414 g/mol. The summed E-state index contributed by atoms with van der Waals surface area (Å²) in [5, 5.41) is 0.293. The van der Waals surface area contributed by atoms with Gasteiger partial charge in [0, 0.05) is 6.07 Å². The Hall–Kier alpha value is -2.22. The van der Waals surface area contributed by atoms with Crippen LogP contribution in [0.4, 0.5) is 5.69 Å². The fourth-order valence-corrected chi connectivity index (χ4v) is 3.92. The van der Waals surface area contributed by atoms with Gasteiger partial charge in [0.2, 0.25) is 5.91 Å². The van der Waals surface area contributed by atoms with Gasteiger partial charge in [-0.15, -0.1) is 0 Å². The molecule has 0 bridgehead atoms. The highest BCUT2D eigenvalue weighted by Gasteiger charge is 2.27. The number of halogens is 2. The third-order valence-corrected chi connectivity index (χ3v) is 5.76. The van der Waals surface area contributed by atoms with Crippen LogP contribution in [-0.4, -0.2) is 27.5 Å². The quantitative estimate of drug-likeness (QED) is 0.671. The van der Waals surface area contributed by atoms with E-state index < -0.39 is 22.5 Å². The predicted octanol–water partition coefficient (Wildman–Crippen LogP) is 3.24. The number of anilines is 1. The number of ether oxygens (including phenoxy) is 1. The zero-order chi connectivity index (χ0) is 19.3. The second-order valence-corrected chi connectivity index (χ2v) is 7.83. The average Bonchev–Trinajstić information content (AvgIpc) is 2.60. The first-order valence-electron chi connectivity index (χ1n) is 7.35. The number of hydrogen-bond donors (Lipinski definition) is 1. The van der Waals surface area contributed by atoms with E-state index in [1.165, 1.54) is 30.3 Å². The number of amides is 1. The minimum absolute atomic E-state index is 0.0785. The summed E-state index contributed by atoms with van der Waals surface area (Å²) in [4.78, 5) is 11.3. The number of carbonyl (C=O) groups excluding carboxylic acids is 1. The molecule has 0 aromatic heterocycles.